The average Bonchev–Trinajstić information content (AvgIpc) is 2.37. The standard InChI is InChI=1S/C13H19FN2O2.ClH/c1-3-6-18-12-7-10(14)4-5-11(12)16-13(17)9(2)8-15;/h4-5,7,9H,3,6,8,15H2,1-2H3,(H,16,17);1H. The Balaban J connectivity index is 0.00000324. The second-order valence-electron chi connectivity index (χ2n) is 4.11. The van der Waals surface area contributed by atoms with Gasteiger partial charge in [0, 0.05) is 18.5 Å². The van der Waals surface area contributed by atoms with Gasteiger partial charge >= 0.3 is 0 Å². The Kier molecular flexibility index (Phi) is 8.11. The number of hydrogen-bond acceptors (Lipinski definition) is 3. The van der Waals surface area contributed by atoms with Crippen LogP contribution in [0, 0.1) is 11.7 Å². The van der Waals surface area contributed by atoms with Crippen LogP contribution in [0.25, 0.3) is 0 Å². The first-order chi connectivity index (χ1) is 8.58. The predicted molar refractivity (Wildman–Crippen MR) is 76.3 cm³/mol. The van der Waals surface area contributed by atoms with Crippen LogP contribution in [0.2, 0.25) is 0 Å². The van der Waals surface area contributed by atoms with Crippen molar-refractivity contribution >= 4 is 24.0 Å². The van der Waals surface area contributed by atoms with Crippen LogP contribution in [0.3, 0.4) is 0 Å². The molecular weight excluding hydrogens is 271 g/mol. The molecule has 1 unspecified atom stereocenters. The SMILES string of the molecule is CCCOc1cc(F)ccc1NC(=O)C(C)CN.Cl. The maximum atomic E-state index is 13.1. The number of nitrogens with one attached hydrogen (secondary N) is 1. The largest absolute Gasteiger partial charge is 0.491 e. The molecule has 19 heavy (non-hydrogen) atoms. The fourth-order valence-corrected chi connectivity index (χ4v) is 1.29. The van der Waals surface area contributed by atoms with Gasteiger partial charge in [-0.25, -0.2) is 4.39 Å². The van der Waals surface area contributed by atoms with E-state index in [4.69, 9.17) is 10.5 Å². The summed E-state index contributed by atoms with van der Waals surface area (Å²) < 4.78 is 18.5. The summed E-state index contributed by atoms with van der Waals surface area (Å²) in [5, 5.41) is 2.69. The van der Waals surface area contributed by atoms with Crippen LogP contribution in [0.4, 0.5) is 10.1 Å². The summed E-state index contributed by atoms with van der Waals surface area (Å²) in [6, 6.07) is 4.03. The first-order valence-electron chi connectivity index (χ1n) is 6.01. The summed E-state index contributed by atoms with van der Waals surface area (Å²) in [5.41, 5.74) is 5.88. The maximum Gasteiger partial charge on any atom is 0.228 e. The number of anilines is 1. The van der Waals surface area contributed by atoms with E-state index in [0.717, 1.165) is 6.42 Å². The number of ether oxygens (including phenoxy) is 1. The number of hydrogen-bond donors (Lipinski definition) is 2. The van der Waals surface area contributed by atoms with E-state index >= 15 is 0 Å². The van der Waals surface area contributed by atoms with Crippen molar-refractivity contribution in [1.82, 2.24) is 0 Å². The lowest BCUT2D eigenvalue weighted by Gasteiger charge is -2.14. The zero-order valence-electron chi connectivity index (χ0n) is 11.1. The molecule has 0 aliphatic heterocycles. The summed E-state index contributed by atoms with van der Waals surface area (Å²) >= 11 is 0. The van der Waals surface area contributed by atoms with Gasteiger partial charge in [0.25, 0.3) is 0 Å². The summed E-state index contributed by atoms with van der Waals surface area (Å²) in [6.07, 6.45) is 0.809. The van der Waals surface area contributed by atoms with Crippen LogP contribution in [0.15, 0.2) is 18.2 Å². The third-order valence-corrected chi connectivity index (χ3v) is 2.46. The van der Waals surface area contributed by atoms with Gasteiger partial charge in [0.05, 0.1) is 12.3 Å². The number of benzene rings is 1. The quantitative estimate of drug-likeness (QED) is 0.846. The third kappa shape index (κ3) is 5.44. The van der Waals surface area contributed by atoms with E-state index in [-0.39, 0.29) is 30.8 Å². The van der Waals surface area contributed by atoms with Gasteiger partial charge in [-0.05, 0) is 18.6 Å². The molecule has 0 heterocycles. The molecule has 1 atom stereocenters. The second-order valence-corrected chi connectivity index (χ2v) is 4.11. The summed E-state index contributed by atoms with van der Waals surface area (Å²) in [5.74, 6) is -0.556. The van der Waals surface area contributed by atoms with Crippen LogP contribution in [0.5, 0.6) is 5.75 Å². The van der Waals surface area contributed by atoms with Crippen LogP contribution in [0.1, 0.15) is 20.3 Å². The molecule has 0 bridgehead atoms. The van der Waals surface area contributed by atoms with Gasteiger partial charge < -0.3 is 15.8 Å². The highest BCUT2D eigenvalue weighted by atomic mass is 35.5. The highest BCUT2D eigenvalue weighted by Gasteiger charge is 2.14. The molecule has 0 saturated carbocycles. The molecule has 1 amide bonds. The normalized spacial score (nSPS) is 11.4. The molecule has 108 valence electrons. The molecule has 0 aliphatic carbocycles. The molecule has 6 heteroatoms. The second kappa shape index (κ2) is 8.72. The first-order valence-corrected chi connectivity index (χ1v) is 6.01. The van der Waals surface area contributed by atoms with Crippen molar-refractivity contribution in [2.45, 2.75) is 20.3 Å². The van der Waals surface area contributed by atoms with Crippen LogP contribution >= 0.6 is 12.4 Å². The molecular formula is C13H20ClFN2O2. The fraction of sp³-hybridized carbons (Fsp3) is 0.462. The molecule has 0 aromatic heterocycles. The minimum atomic E-state index is -0.397. The van der Waals surface area contributed by atoms with Gasteiger partial charge in [-0.2, -0.15) is 0 Å². The summed E-state index contributed by atoms with van der Waals surface area (Å²) in [4.78, 5) is 11.7. The zero-order chi connectivity index (χ0) is 13.5. The highest BCUT2D eigenvalue weighted by Crippen LogP contribution is 2.26. The lowest BCUT2D eigenvalue weighted by atomic mass is 10.1. The molecule has 1 aromatic carbocycles. The van der Waals surface area contributed by atoms with Crippen molar-refractivity contribution in [3.05, 3.63) is 24.0 Å². The Morgan fingerprint density at radius 2 is 2.21 bits per heavy atom. The minimum absolute atomic E-state index is 0. The van der Waals surface area contributed by atoms with Gasteiger partial charge in [-0.3, -0.25) is 4.79 Å². The molecule has 0 fully saturated rings. The molecule has 0 saturated heterocycles. The average molecular weight is 291 g/mol. The van der Waals surface area contributed by atoms with E-state index < -0.39 is 5.82 Å². The van der Waals surface area contributed by atoms with E-state index in [1.54, 1.807) is 6.92 Å². The number of halogens is 2. The Bertz CT molecular complexity index is 416. The lowest BCUT2D eigenvalue weighted by Crippen LogP contribution is -2.26. The molecule has 1 rings (SSSR count). The molecule has 0 spiro atoms. The Hall–Kier alpha value is -1.33. The van der Waals surface area contributed by atoms with Crippen LogP contribution < -0.4 is 15.8 Å². The van der Waals surface area contributed by atoms with E-state index in [0.29, 0.717) is 18.0 Å². The van der Waals surface area contributed by atoms with E-state index in [2.05, 4.69) is 5.32 Å². The van der Waals surface area contributed by atoms with Crippen molar-refractivity contribution in [1.29, 1.82) is 0 Å². The molecule has 0 radical (unpaired) electrons. The van der Waals surface area contributed by atoms with E-state index in [1.165, 1.54) is 18.2 Å². The van der Waals surface area contributed by atoms with Crippen molar-refractivity contribution < 1.29 is 13.9 Å². The Morgan fingerprint density at radius 3 is 2.79 bits per heavy atom. The minimum Gasteiger partial charge on any atom is -0.491 e. The smallest absolute Gasteiger partial charge is 0.228 e. The van der Waals surface area contributed by atoms with Crippen molar-refractivity contribution in [2.75, 3.05) is 18.5 Å². The number of carbonyl (C=O) groups is 1. The van der Waals surface area contributed by atoms with E-state index in [9.17, 15) is 9.18 Å². The van der Waals surface area contributed by atoms with Crippen LogP contribution in [-0.2, 0) is 4.79 Å². The zero-order valence-corrected chi connectivity index (χ0v) is 11.9. The monoisotopic (exact) mass is 290 g/mol. The maximum absolute atomic E-state index is 13.1. The van der Waals surface area contributed by atoms with Crippen LogP contribution in [-0.4, -0.2) is 19.1 Å². The number of nitrogens with two attached hydrogens (primary N) is 1. The van der Waals surface area contributed by atoms with Crippen molar-refractivity contribution in [3.8, 4) is 5.75 Å². The highest BCUT2D eigenvalue weighted by molar-refractivity contribution is 5.93. The molecule has 1 aromatic rings. The fourth-order valence-electron chi connectivity index (χ4n) is 1.29. The van der Waals surface area contributed by atoms with Gasteiger partial charge in [0.15, 0.2) is 0 Å². The molecule has 4 nitrogen and oxygen atoms in total. The summed E-state index contributed by atoms with van der Waals surface area (Å²) in [7, 11) is 0. The molecule has 0 aliphatic rings. The van der Waals surface area contributed by atoms with Crippen molar-refractivity contribution in [3.63, 3.8) is 0 Å². The number of amides is 1. The number of rotatable bonds is 6. The summed E-state index contributed by atoms with van der Waals surface area (Å²) in [6.45, 7) is 4.41. The Labute approximate surface area is 118 Å². The van der Waals surface area contributed by atoms with Crippen molar-refractivity contribution in [2.24, 2.45) is 11.7 Å². The van der Waals surface area contributed by atoms with Gasteiger partial charge in [0.1, 0.15) is 11.6 Å². The third-order valence-electron chi connectivity index (χ3n) is 2.46. The number of carbonyl (C=O) groups excluding carboxylic acids is 1. The van der Waals surface area contributed by atoms with Gasteiger partial charge in [-0.1, -0.05) is 13.8 Å². The van der Waals surface area contributed by atoms with Gasteiger partial charge in [0.2, 0.25) is 5.91 Å². The van der Waals surface area contributed by atoms with Gasteiger partial charge in [-0.15, -0.1) is 12.4 Å². The molecule has 3 N–H and O–H groups in total. The van der Waals surface area contributed by atoms with E-state index in [1.807, 2.05) is 6.92 Å². The topological polar surface area (TPSA) is 64.3 Å². The Morgan fingerprint density at radius 1 is 1.53 bits per heavy atom. The first kappa shape index (κ1) is 17.7. The predicted octanol–water partition coefficient (Wildman–Crippen LogP) is 2.57. The lowest BCUT2D eigenvalue weighted by molar-refractivity contribution is -0.119.